The third kappa shape index (κ3) is 5.51. The van der Waals surface area contributed by atoms with E-state index in [1.165, 1.54) is 81.9 Å². The van der Waals surface area contributed by atoms with Crippen LogP contribution in [0.2, 0.25) is 0 Å². The van der Waals surface area contributed by atoms with E-state index in [4.69, 9.17) is 4.18 Å². The first-order valence-corrected chi connectivity index (χ1v) is 21.7. The summed E-state index contributed by atoms with van der Waals surface area (Å²) in [7, 11) is -8.70. The molecule has 2 aromatic rings. The van der Waals surface area contributed by atoms with Gasteiger partial charge in [-0.05, 0) is 170 Å². The van der Waals surface area contributed by atoms with Gasteiger partial charge in [-0.15, -0.1) is 0 Å². The van der Waals surface area contributed by atoms with E-state index < -0.39 is 20.2 Å². The Hall–Kier alpha value is -1.90. The molecule has 254 valence electrons. The molecule has 6 nitrogen and oxygen atoms in total. The van der Waals surface area contributed by atoms with Crippen molar-refractivity contribution in [3.05, 3.63) is 52.6 Å². The lowest BCUT2D eigenvalue weighted by Crippen LogP contribution is -2.23. The van der Waals surface area contributed by atoms with E-state index >= 15 is 0 Å². The Morgan fingerprint density at radius 1 is 0.574 bits per heavy atom. The van der Waals surface area contributed by atoms with Gasteiger partial charge in [0.15, 0.2) is 0 Å². The monoisotopic (exact) mass is 678 g/mol. The molecule has 0 radical (unpaired) electrons. The molecular weight excluding hydrogens is 629 g/mol. The SMILES string of the molecule is O=S(=O)(O)c1ccc(OS(=O)(=O)c2c(C3CC4CCC3C4)cc(C3CC4CCC3C4)cc2C2CC3CCC2C3)cc1C1CCCCC1. The van der Waals surface area contributed by atoms with Crippen LogP contribution >= 0.6 is 0 Å². The summed E-state index contributed by atoms with van der Waals surface area (Å²) in [6, 6.07) is 9.02. The number of fused-ring (bicyclic) bond motifs is 6. The second-order valence-corrected chi connectivity index (χ2v) is 19.8. The van der Waals surface area contributed by atoms with Crippen molar-refractivity contribution >= 4 is 20.2 Å². The van der Waals surface area contributed by atoms with Gasteiger partial charge in [-0.3, -0.25) is 4.55 Å². The first-order chi connectivity index (χ1) is 22.6. The predicted octanol–water partition coefficient (Wildman–Crippen LogP) is 9.46. The van der Waals surface area contributed by atoms with E-state index in [1.54, 1.807) is 6.07 Å². The molecule has 0 heterocycles. The molecule has 7 aliphatic rings. The molecule has 9 atom stereocenters. The molecule has 6 bridgehead atoms. The average Bonchev–Trinajstić information content (AvgIpc) is 3.92. The number of rotatable bonds is 8. The second kappa shape index (κ2) is 11.6. The Morgan fingerprint density at radius 3 is 1.57 bits per heavy atom. The fourth-order valence-corrected chi connectivity index (χ4v) is 14.6. The summed E-state index contributed by atoms with van der Waals surface area (Å²) in [6.45, 7) is 0. The molecule has 1 N–H and O–H groups in total. The number of hydrogen-bond donors (Lipinski definition) is 1. The second-order valence-electron chi connectivity index (χ2n) is 16.9. The van der Waals surface area contributed by atoms with Crippen molar-refractivity contribution in [3.63, 3.8) is 0 Å². The smallest absolute Gasteiger partial charge is 0.339 e. The van der Waals surface area contributed by atoms with Gasteiger partial charge in [0.1, 0.15) is 10.6 Å². The molecule has 9 unspecified atom stereocenters. The van der Waals surface area contributed by atoms with Crippen LogP contribution in [0.3, 0.4) is 0 Å². The van der Waals surface area contributed by atoms with Gasteiger partial charge in [0, 0.05) is 0 Å². The van der Waals surface area contributed by atoms with Crippen molar-refractivity contribution in [1.29, 1.82) is 0 Å². The first kappa shape index (κ1) is 31.1. The van der Waals surface area contributed by atoms with Gasteiger partial charge < -0.3 is 4.18 Å². The molecule has 0 spiro atoms. The molecule has 0 amide bonds. The molecule has 9 rings (SSSR count). The van der Waals surface area contributed by atoms with E-state index in [-0.39, 0.29) is 28.4 Å². The van der Waals surface area contributed by atoms with Crippen LogP contribution in [0, 0.1) is 35.5 Å². The summed E-state index contributed by atoms with van der Waals surface area (Å²) < 4.78 is 70.9. The predicted molar refractivity (Wildman–Crippen MR) is 181 cm³/mol. The maximum absolute atomic E-state index is 14.9. The fraction of sp³-hybridized carbons (Fsp3) is 0.692. The van der Waals surface area contributed by atoms with E-state index in [0.29, 0.717) is 40.0 Å². The molecule has 8 heteroatoms. The third-order valence-corrected chi connectivity index (χ3v) is 16.7. The maximum Gasteiger partial charge on any atom is 0.339 e. The van der Waals surface area contributed by atoms with Crippen molar-refractivity contribution < 1.29 is 25.6 Å². The van der Waals surface area contributed by atoms with E-state index in [0.717, 1.165) is 67.9 Å². The van der Waals surface area contributed by atoms with Crippen LogP contribution in [0.1, 0.15) is 155 Å². The first-order valence-electron chi connectivity index (χ1n) is 18.8. The molecular formula is C39H50O6S2. The highest BCUT2D eigenvalue weighted by molar-refractivity contribution is 7.87. The van der Waals surface area contributed by atoms with Crippen LogP contribution in [-0.2, 0) is 20.2 Å². The number of benzene rings is 2. The van der Waals surface area contributed by atoms with Crippen LogP contribution in [-0.4, -0.2) is 21.4 Å². The van der Waals surface area contributed by atoms with Crippen LogP contribution in [0.4, 0.5) is 0 Å². The third-order valence-electron chi connectivity index (χ3n) is 14.4. The minimum Gasteiger partial charge on any atom is -0.379 e. The fourth-order valence-electron chi connectivity index (χ4n) is 12.4. The Labute approximate surface area is 281 Å². The molecule has 2 aromatic carbocycles. The summed E-state index contributed by atoms with van der Waals surface area (Å²) in [6.07, 6.45) is 19.3. The van der Waals surface area contributed by atoms with Crippen molar-refractivity contribution in [2.45, 2.75) is 143 Å². The molecule has 7 fully saturated rings. The number of hydrogen-bond acceptors (Lipinski definition) is 5. The largest absolute Gasteiger partial charge is 0.379 e. The Bertz CT molecular complexity index is 1730. The molecule has 0 aromatic heterocycles. The van der Waals surface area contributed by atoms with Crippen molar-refractivity contribution in [3.8, 4) is 5.75 Å². The lowest BCUT2D eigenvalue weighted by Gasteiger charge is -2.32. The minimum atomic E-state index is -4.46. The van der Waals surface area contributed by atoms with Gasteiger partial charge in [0.2, 0.25) is 0 Å². The van der Waals surface area contributed by atoms with Crippen molar-refractivity contribution in [2.75, 3.05) is 0 Å². The van der Waals surface area contributed by atoms with Gasteiger partial charge >= 0.3 is 10.1 Å². The van der Waals surface area contributed by atoms with Crippen LogP contribution in [0.15, 0.2) is 40.1 Å². The quantitative estimate of drug-likeness (QED) is 0.221. The topological polar surface area (TPSA) is 97.7 Å². The van der Waals surface area contributed by atoms with Gasteiger partial charge in [-0.1, -0.05) is 50.7 Å². The molecule has 7 aliphatic carbocycles. The summed E-state index contributed by atoms with van der Waals surface area (Å²) in [4.78, 5) is 0.312. The molecule has 0 aliphatic heterocycles. The van der Waals surface area contributed by atoms with Gasteiger partial charge in [-0.2, -0.15) is 16.8 Å². The molecule has 0 saturated heterocycles. The van der Waals surface area contributed by atoms with Gasteiger partial charge in [0.25, 0.3) is 10.1 Å². The molecule has 7 saturated carbocycles. The Kier molecular flexibility index (Phi) is 7.67. The molecule has 47 heavy (non-hydrogen) atoms. The summed E-state index contributed by atoms with van der Waals surface area (Å²) in [5.41, 5.74) is 3.92. The van der Waals surface area contributed by atoms with Crippen LogP contribution in [0.5, 0.6) is 5.75 Å². The van der Waals surface area contributed by atoms with Gasteiger partial charge in [0.05, 0.1) is 4.90 Å². The highest BCUT2D eigenvalue weighted by atomic mass is 32.2. The van der Waals surface area contributed by atoms with Crippen LogP contribution in [0.25, 0.3) is 0 Å². The van der Waals surface area contributed by atoms with Crippen LogP contribution < -0.4 is 4.18 Å². The zero-order valence-corrected chi connectivity index (χ0v) is 29.1. The Balaban J connectivity index is 1.17. The standard InChI is InChI=1S/C39H50O6S2/c40-46(41,42)38-13-12-31(22-35(38)26-4-2-1-3-5-26)45-47(43,44)39-36(33-18-24-7-10-28(33)15-24)20-30(32-17-23-6-9-27(32)14-23)21-37(39)34-19-25-8-11-29(34)16-25/h12-13,20-29,32-34H,1-11,14-19H2,(H,40,41,42). The summed E-state index contributed by atoms with van der Waals surface area (Å²) in [5, 5.41) is 0. The average molecular weight is 679 g/mol. The Morgan fingerprint density at radius 2 is 1.11 bits per heavy atom. The lowest BCUT2D eigenvalue weighted by atomic mass is 9.75. The van der Waals surface area contributed by atoms with Crippen molar-refractivity contribution in [2.24, 2.45) is 35.5 Å². The van der Waals surface area contributed by atoms with E-state index in [1.807, 2.05) is 0 Å². The van der Waals surface area contributed by atoms with E-state index in [2.05, 4.69) is 12.1 Å². The lowest BCUT2D eigenvalue weighted by molar-refractivity contribution is 0.392. The summed E-state index contributed by atoms with van der Waals surface area (Å²) >= 11 is 0. The summed E-state index contributed by atoms with van der Waals surface area (Å²) in [5.74, 6) is 5.09. The normalized spacial score (nSPS) is 36.5. The zero-order valence-electron chi connectivity index (χ0n) is 27.5. The maximum atomic E-state index is 14.9. The van der Waals surface area contributed by atoms with Crippen molar-refractivity contribution in [1.82, 2.24) is 0 Å². The minimum absolute atomic E-state index is 0.0536. The van der Waals surface area contributed by atoms with Gasteiger partial charge in [-0.25, -0.2) is 0 Å². The highest BCUT2D eigenvalue weighted by Gasteiger charge is 2.48. The zero-order chi connectivity index (χ0) is 32.1. The highest BCUT2D eigenvalue weighted by Crippen LogP contribution is 2.60. The van der Waals surface area contributed by atoms with E-state index in [9.17, 15) is 21.4 Å².